The van der Waals surface area contributed by atoms with Crippen molar-refractivity contribution in [1.82, 2.24) is 4.90 Å². The highest BCUT2D eigenvalue weighted by Crippen LogP contribution is 2.27. The number of aliphatic hydroxyl groups excluding tert-OH is 1. The van der Waals surface area contributed by atoms with E-state index in [1.165, 1.54) is 0 Å². The fourth-order valence-corrected chi connectivity index (χ4v) is 1.54. The van der Waals surface area contributed by atoms with Gasteiger partial charge in [0.05, 0.1) is 12.6 Å². The molecule has 1 heterocycles. The van der Waals surface area contributed by atoms with Gasteiger partial charge in [0.25, 0.3) is 0 Å². The molecule has 1 rings (SSSR count). The van der Waals surface area contributed by atoms with Gasteiger partial charge in [0.1, 0.15) is 0 Å². The van der Waals surface area contributed by atoms with Crippen LogP contribution in [0.5, 0.6) is 0 Å². The number of hydrogen-bond acceptors (Lipinski definition) is 2. The summed E-state index contributed by atoms with van der Waals surface area (Å²) in [6.45, 7) is -0.576. The molecule has 1 aliphatic rings. The molecule has 2 N–H and O–H groups in total. The minimum Gasteiger partial charge on any atom is -0.465 e. The average molecular weight is 195 g/mol. The van der Waals surface area contributed by atoms with Crippen LogP contribution in [0.15, 0.2) is 0 Å². The van der Waals surface area contributed by atoms with Crippen LogP contribution in [0.4, 0.5) is 13.6 Å². The molecular weight excluding hydrogens is 184 g/mol. The van der Waals surface area contributed by atoms with Crippen molar-refractivity contribution in [1.29, 1.82) is 0 Å². The lowest BCUT2D eigenvalue weighted by atomic mass is 10.1. The zero-order chi connectivity index (χ0) is 10.0. The normalized spacial score (nSPS) is 28.5. The number of alkyl halides is 2. The third-order valence-electron chi connectivity index (χ3n) is 2.26. The Morgan fingerprint density at radius 1 is 1.62 bits per heavy atom. The highest BCUT2D eigenvalue weighted by molar-refractivity contribution is 5.65. The maximum Gasteiger partial charge on any atom is 0.407 e. The number of aliphatic hydroxyl groups is 1. The van der Waals surface area contributed by atoms with Crippen molar-refractivity contribution in [3.63, 3.8) is 0 Å². The van der Waals surface area contributed by atoms with Crippen molar-refractivity contribution in [2.24, 2.45) is 5.92 Å². The van der Waals surface area contributed by atoms with Crippen molar-refractivity contribution in [2.45, 2.75) is 18.9 Å². The summed E-state index contributed by atoms with van der Waals surface area (Å²) in [5.74, 6) is -0.937. The molecule has 0 aliphatic carbocycles. The number of likely N-dealkylation sites (tertiary alicyclic amines) is 1. The SMILES string of the molecule is O=C(O)N1C[C@H](C(F)F)C[C@H]1CO. The van der Waals surface area contributed by atoms with Crippen LogP contribution in [-0.4, -0.2) is 46.8 Å². The lowest BCUT2D eigenvalue weighted by molar-refractivity contribution is 0.0800. The molecule has 1 aliphatic heterocycles. The van der Waals surface area contributed by atoms with Gasteiger partial charge in [0, 0.05) is 12.5 Å². The van der Waals surface area contributed by atoms with Crippen LogP contribution in [0.1, 0.15) is 6.42 Å². The van der Waals surface area contributed by atoms with Crippen LogP contribution in [0.2, 0.25) is 0 Å². The topological polar surface area (TPSA) is 60.8 Å². The van der Waals surface area contributed by atoms with E-state index in [1.807, 2.05) is 0 Å². The van der Waals surface area contributed by atoms with E-state index in [9.17, 15) is 13.6 Å². The summed E-state index contributed by atoms with van der Waals surface area (Å²) >= 11 is 0. The summed E-state index contributed by atoms with van der Waals surface area (Å²) in [5.41, 5.74) is 0. The van der Waals surface area contributed by atoms with Crippen LogP contribution < -0.4 is 0 Å². The third kappa shape index (κ3) is 2.06. The van der Waals surface area contributed by atoms with Gasteiger partial charge in [-0.1, -0.05) is 0 Å². The zero-order valence-electron chi connectivity index (χ0n) is 6.86. The first-order valence-corrected chi connectivity index (χ1v) is 3.94. The number of rotatable bonds is 2. The summed E-state index contributed by atoms with van der Waals surface area (Å²) in [6, 6.07) is -0.670. The van der Waals surface area contributed by atoms with Gasteiger partial charge in [-0.2, -0.15) is 0 Å². The van der Waals surface area contributed by atoms with E-state index in [2.05, 4.69) is 0 Å². The Kier molecular flexibility index (Phi) is 3.02. The van der Waals surface area contributed by atoms with E-state index in [0.717, 1.165) is 4.90 Å². The fourth-order valence-electron chi connectivity index (χ4n) is 1.54. The number of amides is 1. The second kappa shape index (κ2) is 3.87. The van der Waals surface area contributed by atoms with Gasteiger partial charge in [-0.15, -0.1) is 0 Å². The Balaban J connectivity index is 2.61. The maximum atomic E-state index is 12.2. The minimum atomic E-state index is -2.52. The smallest absolute Gasteiger partial charge is 0.407 e. The molecule has 1 fully saturated rings. The largest absolute Gasteiger partial charge is 0.465 e. The van der Waals surface area contributed by atoms with Crippen LogP contribution in [0, 0.1) is 5.92 Å². The van der Waals surface area contributed by atoms with E-state index in [1.54, 1.807) is 0 Å². The van der Waals surface area contributed by atoms with Crippen molar-refractivity contribution in [3.8, 4) is 0 Å². The lowest BCUT2D eigenvalue weighted by Gasteiger charge is -2.18. The molecule has 0 unspecified atom stereocenters. The molecule has 0 spiro atoms. The molecule has 0 aromatic heterocycles. The molecule has 0 saturated carbocycles. The van der Waals surface area contributed by atoms with E-state index < -0.39 is 31.1 Å². The molecular formula is C7H11F2NO3. The molecule has 0 aromatic rings. The predicted molar refractivity (Wildman–Crippen MR) is 39.7 cm³/mol. The molecule has 2 atom stereocenters. The molecule has 76 valence electrons. The van der Waals surface area contributed by atoms with Gasteiger partial charge < -0.3 is 15.1 Å². The van der Waals surface area contributed by atoms with Gasteiger partial charge in [-0.3, -0.25) is 0 Å². The summed E-state index contributed by atoms with van der Waals surface area (Å²) in [6.07, 6.45) is -3.72. The van der Waals surface area contributed by atoms with Crippen LogP contribution in [0.3, 0.4) is 0 Å². The molecule has 1 amide bonds. The number of carboxylic acid groups (broad SMARTS) is 1. The van der Waals surface area contributed by atoms with E-state index in [-0.39, 0.29) is 13.0 Å². The second-order valence-corrected chi connectivity index (χ2v) is 3.10. The fraction of sp³-hybridized carbons (Fsp3) is 0.857. The van der Waals surface area contributed by atoms with Gasteiger partial charge in [-0.25, -0.2) is 13.6 Å². The molecule has 0 aromatic carbocycles. The van der Waals surface area contributed by atoms with Gasteiger partial charge in [0.2, 0.25) is 6.43 Å². The Morgan fingerprint density at radius 2 is 2.23 bits per heavy atom. The Bertz CT molecular complexity index is 200. The first-order valence-electron chi connectivity index (χ1n) is 3.94. The first kappa shape index (κ1) is 10.2. The molecule has 0 radical (unpaired) electrons. The number of carbonyl (C=O) groups is 1. The molecule has 0 bridgehead atoms. The third-order valence-corrected chi connectivity index (χ3v) is 2.26. The van der Waals surface area contributed by atoms with Crippen molar-refractivity contribution in [3.05, 3.63) is 0 Å². The Hall–Kier alpha value is -0.910. The van der Waals surface area contributed by atoms with Crippen LogP contribution in [0.25, 0.3) is 0 Å². The first-order chi connectivity index (χ1) is 6.06. The zero-order valence-corrected chi connectivity index (χ0v) is 6.86. The van der Waals surface area contributed by atoms with Crippen LogP contribution >= 0.6 is 0 Å². The summed E-state index contributed by atoms with van der Waals surface area (Å²) < 4.78 is 24.4. The number of halogens is 2. The van der Waals surface area contributed by atoms with Gasteiger partial charge in [0.15, 0.2) is 0 Å². The highest BCUT2D eigenvalue weighted by atomic mass is 19.3. The van der Waals surface area contributed by atoms with Crippen molar-refractivity contribution < 1.29 is 23.8 Å². The summed E-state index contributed by atoms with van der Waals surface area (Å²) in [7, 11) is 0. The number of hydrogen-bond donors (Lipinski definition) is 2. The molecule has 4 nitrogen and oxygen atoms in total. The number of nitrogens with zero attached hydrogens (tertiary/aromatic N) is 1. The quantitative estimate of drug-likeness (QED) is 0.678. The molecule has 6 heteroatoms. The van der Waals surface area contributed by atoms with E-state index >= 15 is 0 Å². The minimum absolute atomic E-state index is 0.0421. The Morgan fingerprint density at radius 3 is 2.54 bits per heavy atom. The monoisotopic (exact) mass is 195 g/mol. The van der Waals surface area contributed by atoms with E-state index in [0.29, 0.717) is 0 Å². The molecule has 1 saturated heterocycles. The molecule has 13 heavy (non-hydrogen) atoms. The summed E-state index contributed by atoms with van der Waals surface area (Å²) in [5, 5.41) is 17.3. The maximum absolute atomic E-state index is 12.2. The van der Waals surface area contributed by atoms with Gasteiger partial charge in [-0.05, 0) is 6.42 Å². The second-order valence-electron chi connectivity index (χ2n) is 3.10. The standard InChI is InChI=1S/C7H11F2NO3/c8-6(9)4-1-5(3-11)10(2-4)7(12)13/h4-6,11H,1-3H2,(H,12,13)/t4-,5+/m1/s1. The van der Waals surface area contributed by atoms with Crippen molar-refractivity contribution in [2.75, 3.05) is 13.2 Å². The predicted octanol–water partition coefficient (Wildman–Crippen LogP) is 0.612. The Labute approximate surface area is 73.8 Å². The van der Waals surface area contributed by atoms with E-state index in [4.69, 9.17) is 10.2 Å². The van der Waals surface area contributed by atoms with Gasteiger partial charge >= 0.3 is 6.09 Å². The van der Waals surface area contributed by atoms with Crippen LogP contribution in [-0.2, 0) is 0 Å². The van der Waals surface area contributed by atoms with Crippen molar-refractivity contribution >= 4 is 6.09 Å². The summed E-state index contributed by atoms with van der Waals surface area (Å²) in [4.78, 5) is 11.4. The highest BCUT2D eigenvalue weighted by Gasteiger charge is 2.38. The lowest BCUT2D eigenvalue weighted by Crippen LogP contribution is -2.36. The average Bonchev–Trinajstić information content (AvgIpc) is 2.47.